The van der Waals surface area contributed by atoms with E-state index >= 15 is 0 Å². The molecule has 0 atom stereocenters. The summed E-state index contributed by atoms with van der Waals surface area (Å²) in [5.41, 5.74) is -0.784. The standard InChI is InChI=1S/C13H17NO5S2/c1-13(2,3)19-12(16)14(4)21(17,18)11-8-7-10(20-11)6-5-9-15/h7-8,15H,9H2,1-4H3. The molecule has 1 rings (SSSR count). The maximum atomic E-state index is 12.3. The normalized spacial score (nSPS) is 11.5. The van der Waals surface area contributed by atoms with E-state index in [0.717, 1.165) is 18.4 Å². The van der Waals surface area contributed by atoms with Gasteiger partial charge in [0.05, 0.1) is 4.88 Å². The van der Waals surface area contributed by atoms with Crippen LogP contribution in [0.15, 0.2) is 16.3 Å². The summed E-state index contributed by atoms with van der Waals surface area (Å²) in [6, 6.07) is 2.88. The molecule has 0 bridgehead atoms. The number of nitrogens with zero attached hydrogens (tertiary/aromatic N) is 1. The molecular weight excluding hydrogens is 314 g/mol. The number of sulfonamides is 1. The number of ether oxygens (including phenoxy) is 1. The first kappa shape index (κ1) is 17.5. The molecule has 1 aromatic heterocycles. The van der Waals surface area contributed by atoms with Gasteiger partial charge in [-0.05, 0) is 32.9 Å². The number of hydrogen-bond acceptors (Lipinski definition) is 6. The minimum absolute atomic E-state index is 0.0156. The van der Waals surface area contributed by atoms with Gasteiger partial charge in [-0.3, -0.25) is 0 Å². The van der Waals surface area contributed by atoms with E-state index in [1.807, 2.05) is 0 Å². The van der Waals surface area contributed by atoms with Crippen molar-refractivity contribution >= 4 is 27.5 Å². The van der Waals surface area contributed by atoms with Crippen LogP contribution in [0.3, 0.4) is 0 Å². The molecular formula is C13H17NO5S2. The zero-order valence-electron chi connectivity index (χ0n) is 12.2. The van der Waals surface area contributed by atoms with Crippen LogP contribution in [0.4, 0.5) is 4.79 Å². The molecule has 1 N–H and O–H groups in total. The second-order valence-electron chi connectivity index (χ2n) is 5.03. The van der Waals surface area contributed by atoms with E-state index in [0.29, 0.717) is 9.18 Å². The molecule has 0 spiro atoms. The molecule has 6 nitrogen and oxygen atoms in total. The van der Waals surface area contributed by atoms with Crippen LogP contribution < -0.4 is 0 Å². The van der Waals surface area contributed by atoms with Crippen LogP contribution >= 0.6 is 11.3 Å². The maximum Gasteiger partial charge on any atom is 0.424 e. The molecule has 1 amide bonds. The summed E-state index contributed by atoms with van der Waals surface area (Å²) in [6.45, 7) is 4.65. The average Bonchev–Trinajstić information content (AvgIpc) is 2.82. The van der Waals surface area contributed by atoms with Crippen molar-refractivity contribution in [1.82, 2.24) is 4.31 Å². The third-order valence-corrected chi connectivity index (χ3v) is 5.33. The van der Waals surface area contributed by atoms with Crippen molar-refractivity contribution < 1.29 is 23.1 Å². The highest BCUT2D eigenvalue weighted by Crippen LogP contribution is 2.24. The first-order valence-electron chi connectivity index (χ1n) is 5.99. The van der Waals surface area contributed by atoms with Crippen LogP contribution in [-0.4, -0.2) is 43.2 Å². The van der Waals surface area contributed by atoms with Gasteiger partial charge in [0.15, 0.2) is 0 Å². The van der Waals surface area contributed by atoms with Gasteiger partial charge in [-0.2, -0.15) is 8.42 Å². The van der Waals surface area contributed by atoms with Gasteiger partial charge in [-0.1, -0.05) is 11.8 Å². The van der Waals surface area contributed by atoms with Crippen molar-refractivity contribution in [3.05, 3.63) is 17.0 Å². The fraction of sp³-hybridized carbons (Fsp3) is 0.462. The van der Waals surface area contributed by atoms with Crippen molar-refractivity contribution in [2.75, 3.05) is 13.7 Å². The van der Waals surface area contributed by atoms with E-state index in [9.17, 15) is 13.2 Å². The van der Waals surface area contributed by atoms with Gasteiger partial charge >= 0.3 is 6.09 Å². The van der Waals surface area contributed by atoms with Crippen LogP contribution in [0.1, 0.15) is 25.6 Å². The Bertz CT molecular complexity index is 673. The smallest absolute Gasteiger partial charge is 0.424 e. The van der Waals surface area contributed by atoms with Crippen LogP contribution in [-0.2, 0) is 14.8 Å². The largest absolute Gasteiger partial charge is 0.443 e. The molecule has 8 heteroatoms. The SMILES string of the molecule is CN(C(=O)OC(C)(C)C)S(=O)(=O)c1ccc(C#CCO)s1. The quantitative estimate of drug-likeness (QED) is 0.833. The molecule has 0 radical (unpaired) electrons. The molecule has 0 aliphatic heterocycles. The molecule has 0 aliphatic rings. The zero-order chi connectivity index (χ0) is 16.3. The molecule has 0 saturated heterocycles. The van der Waals surface area contributed by atoms with Crippen LogP contribution in [0.5, 0.6) is 0 Å². The monoisotopic (exact) mass is 331 g/mol. The van der Waals surface area contributed by atoms with Gasteiger partial charge < -0.3 is 9.84 Å². The Balaban J connectivity index is 3.00. The lowest BCUT2D eigenvalue weighted by atomic mass is 10.2. The Morgan fingerprint density at radius 2 is 2.05 bits per heavy atom. The Morgan fingerprint density at radius 1 is 1.43 bits per heavy atom. The summed E-state index contributed by atoms with van der Waals surface area (Å²) >= 11 is 0.921. The number of aliphatic hydroxyl groups is 1. The molecule has 0 fully saturated rings. The summed E-state index contributed by atoms with van der Waals surface area (Å²) in [5.74, 6) is 5.04. The lowest BCUT2D eigenvalue weighted by Crippen LogP contribution is -2.37. The van der Waals surface area contributed by atoms with E-state index in [-0.39, 0.29) is 10.8 Å². The van der Waals surface area contributed by atoms with Crippen molar-refractivity contribution in [3.8, 4) is 11.8 Å². The molecule has 1 aromatic rings. The van der Waals surface area contributed by atoms with Gasteiger partial charge in [0.1, 0.15) is 16.4 Å². The van der Waals surface area contributed by atoms with Gasteiger partial charge in [0.25, 0.3) is 10.0 Å². The number of amides is 1. The number of thiophene rings is 1. The van der Waals surface area contributed by atoms with E-state index in [1.165, 1.54) is 12.1 Å². The summed E-state index contributed by atoms with van der Waals surface area (Å²) < 4.78 is 30.1. The topological polar surface area (TPSA) is 83.9 Å². The molecule has 21 heavy (non-hydrogen) atoms. The Kier molecular flexibility index (Phi) is 5.39. The molecule has 116 valence electrons. The predicted molar refractivity (Wildman–Crippen MR) is 79.5 cm³/mol. The van der Waals surface area contributed by atoms with Crippen molar-refractivity contribution in [2.45, 2.75) is 30.6 Å². The third-order valence-electron chi connectivity index (χ3n) is 2.14. The number of rotatable bonds is 2. The highest BCUT2D eigenvalue weighted by atomic mass is 32.2. The lowest BCUT2D eigenvalue weighted by Gasteiger charge is -2.23. The number of carbonyl (C=O) groups is 1. The summed E-state index contributed by atoms with van der Waals surface area (Å²) in [6.07, 6.45) is -0.945. The molecule has 0 aromatic carbocycles. The van der Waals surface area contributed by atoms with E-state index < -0.39 is 21.7 Å². The minimum atomic E-state index is -3.97. The molecule has 0 saturated carbocycles. The summed E-state index contributed by atoms with van der Waals surface area (Å²) in [7, 11) is -2.83. The molecule has 1 heterocycles. The second kappa shape index (κ2) is 6.47. The fourth-order valence-corrected chi connectivity index (χ4v) is 3.59. The Labute approximate surface area is 128 Å². The van der Waals surface area contributed by atoms with Gasteiger partial charge in [0.2, 0.25) is 0 Å². The summed E-state index contributed by atoms with van der Waals surface area (Å²) in [4.78, 5) is 12.3. The van der Waals surface area contributed by atoms with Gasteiger partial charge in [0, 0.05) is 7.05 Å². The maximum absolute atomic E-state index is 12.3. The number of hydrogen-bond donors (Lipinski definition) is 1. The zero-order valence-corrected chi connectivity index (χ0v) is 13.8. The van der Waals surface area contributed by atoms with Crippen molar-refractivity contribution in [3.63, 3.8) is 0 Å². The number of carbonyl (C=O) groups excluding carboxylic acids is 1. The first-order valence-corrected chi connectivity index (χ1v) is 8.25. The van der Waals surface area contributed by atoms with E-state index in [2.05, 4.69) is 11.8 Å². The van der Waals surface area contributed by atoms with E-state index in [4.69, 9.17) is 9.84 Å². The first-order chi connectivity index (χ1) is 9.58. The van der Waals surface area contributed by atoms with Crippen LogP contribution in [0, 0.1) is 11.8 Å². The van der Waals surface area contributed by atoms with E-state index in [1.54, 1.807) is 20.8 Å². The predicted octanol–water partition coefficient (Wildman–Crippen LogP) is 1.65. The highest BCUT2D eigenvalue weighted by Gasteiger charge is 2.30. The fourth-order valence-electron chi connectivity index (χ4n) is 1.21. The van der Waals surface area contributed by atoms with Gasteiger partial charge in [-0.15, -0.1) is 11.3 Å². The number of aliphatic hydroxyl groups excluding tert-OH is 1. The molecule has 0 unspecified atom stereocenters. The molecule has 0 aliphatic carbocycles. The minimum Gasteiger partial charge on any atom is -0.443 e. The van der Waals surface area contributed by atoms with Crippen LogP contribution in [0.25, 0.3) is 0 Å². The highest BCUT2D eigenvalue weighted by molar-refractivity contribution is 7.91. The average molecular weight is 331 g/mol. The Morgan fingerprint density at radius 3 is 2.57 bits per heavy atom. The second-order valence-corrected chi connectivity index (χ2v) is 8.31. The van der Waals surface area contributed by atoms with Crippen molar-refractivity contribution in [1.29, 1.82) is 0 Å². The third kappa shape index (κ3) is 4.74. The summed E-state index contributed by atoms with van der Waals surface area (Å²) in [5, 5.41) is 8.61. The van der Waals surface area contributed by atoms with Crippen LogP contribution in [0.2, 0.25) is 0 Å². The lowest BCUT2D eigenvalue weighted by molar-refractivity contribution is 0.0421. The van der Waals surface area contributed by atoms with Crippen molar-refractivity contribution in [2.24, 2.45) is 0 Å². The Hall–Kier alpha value is -1.56. The van der Waals surface area contributed by atoms with Gasteiger partial charge in [-0.25, -0.2) is 9.10 Å².